The van der Waals surface area contributed by atoms with Gasteiger partial charge >= 0.3 is 0 Å². The number of aryl methyl sites for hydroxylation is 2. The van der Waals surface area contributed by atoms with E-state index in [0.717, 1.165) is 16.9 Å². The average Bonchev–Trinajstić information content (AvgIpc) is 3.43. The third-order valence-electron chi connectivity index (χ3n) is 5.32. The molecule has 164 valence electrons. The molecule has 1 amide bonds. The van der Waals surface area contributed by atoms with Crippen LogP contribution in [0.15, 0.2) is 71.1 Å². The Morgan fingerprint density at radius 1 is 1.00 bits per heavy atom. The molecule has 0 atom stereocenters. The zero-order chi connectivity index (χ0) is 22.9. The van der Waals surface area contributed by atoms with Gasteiger partial charge < -0.3 is 14.5 Å². The second-order valence-electron chi connectivity index (χ2n) is 7.56. The predicted octanol–water partition coefficient (Wildman–Crippen LogP) is 4.86. The summed E-state index contributed by atoms with van der Waals surface area (Å²) in [4.78, 5) is 22.1. The van der Waals surface area contributed by atoms with Crippen LogP contribution in [0.2, 0.25) is 0 Å². The van der Waals surface area contributed by atoms with Crippen molar-refractivity contribution in [1.29, 1.82) is 0 Å². The summed E-state index contributed by atoms with van der Waals surface area (Å²) < 4.78 is 12.6. The number of carbonyl (C=O) groups excluding carboxylic acids is 1. The van der Waals surface area contributed by atoms with Crippen LogP contribution in [0.3, 0.4) is 0 Å². The fourth-order valence-electron chi connectivity index (χ4n) is 3.57. The SMILES string of the molecule is COc1cccc(-c2cc(C(=O)Nc3cc4nc(-c5ccccc5)oc4nc3C)n(C)n2)c1. The predicted molar refractivity (Wildman–Crippen MR) is 125 cm³/mol. The monoisotopic (exact) mass is 439 g/mol. The average molecular weight is 439 g/mol. The molecule has 3 aromatic heterocycles. The minimum Gasteiger partial charge on any atom is -0.497 e. The van der Waals surface area contributed by atoms with Crippen molar-refractivity contribution in [2.75, 3.05) is 12.4 Å². The van der Waals surface area contributed by atoms with Gasteiger partial charge in [-0.2, -0.15) is 5.10 Å². The zero-order valence-corrected chi connectivity index (χ0v) is 18.4. The molecule has 0 aliphatic heterocycles. The Balaban J connectivity index is 1.43. The maximum absolute atomic E-state index is 13.0. The van der Waals surface area contributed by atoms with Crippen molar-refractivity contribution in [1.82, 2.24) is 19.7 Å². The first-order chi connectivity index (χ1) is 16.0. The highest BCUT2D eigenvalue weighted by Gasteiger charge is 2.18. The van der Waals surface area contributed by atoms with E-state index in [0.29, 0.717) is 39.9 Å². The Hall–Kier alpha value is -4.46. The molecule has 0 spiro atoms. The molecule has 0 radical (unpaired) electrons. The molecular formula is C25H21N5O3. The summed E-state index contributed by atoms with van der Waals surface area (Å²) in [6.45, 7) is 1.81. The molecule has 0 unspecified atom stereocenters. The van der Waals surface area contributed by atoms with Gasteiger partial charge in [0.15, 0.2) is 0 Å². The lowest BCUT2D eigenvalue weighted by molar-refractivity contribution is 0.101. The largest absolute Gasteiger partial charge is 0.497 e. The van der Waals surface area contributed by atoms with Crippen molar-refractivity contribution in [2.45, 2.75) is 6.92 Å². The number of methoxy groups -OCH3 is 1. The Morgan fingerprint density at radius 3 is 2.58 bits per heavy atom. The summed E-state index contributed by atoms with van der Waals surface area (Å²) >= 11 is 0. The first-order valence-electron chi connectivity index (χ1n) is 10.4. The number of fused-ring (bicyclic) bond motifs is 1. The van der Waals surface area contributed by atoms with Crippen molar-refractivity contribution >= 4 is 22.8 Å². The standard InChI is InChI=1S/C25H21N5O3/c1-15-19(13-21-25(26-15)33-24(28-21)16-8-5-4-6-9-16)27-23(31)22-14-20(29-30(22)2)17-10-7-11-18(12-17)32-3/h4-14H,1-3H3,(H,27,31). The maximum atomic E-state index is 13.0. The number of pyridine rings is 1. The second kappa shape index (κ2) is 8.23. The van der Waals surface area contributed by atoms with Gasteiger partial charge in [0.1, 0.15) is 17.0 Å². The van der Waals surface area contributed by atoms with Gasteiger partial charge in [-0.1, -0.05) is 30.3 Å². The van der Waals surface area contributed by atoms with Crippen LogP contribution in [0, 0.1) is 6.92 Å². The Kier molecular flexibility index (Phi) is 5.10. The van der Waals surface area contributed by atoms with Gasteiger partial charge in [-0.15, -0.1) is 0 Å². The van der Waals surface area contributed by atoms with Crippen LogP contribution < -0.4 is 10.1 Å². The first-order valence-corrected chi connectivity index (χ1v) is 10.4. The van der Waals surface area contributed by atoms with Gasteiger partial charge in [0.2, 0.25) is 11.6 Å². The molecule has 0 fully saturated rings. The highest BCUT2D eigenvalue weighted by molar-refractivity contribution is 6.04. The van der Waals surface area contributed by atoms with E-state index in [1.165, 1.54) is 0 Å². The van der Waals surface area contributed by atoms with Crippen LogP contribution in [0.5, 0.6) is 5.75 Å². The summed E-state index contributed by atoms with van der Waals surface area (Å²) in [5.41, 5.74) is 4.99. The molecule has 3 heterocycles. The minimum absolute atomic E-state index is 0.296. The van der Waals surface area contributed by atoms with E-state index < -0.39 is 0 Å². The molecule has 0 aliphatic carbocycles. The van der Waals surface area contributed by atoms with E-state index in [1.807, 2.05) is 61.5 Å². The van der Waals surface area contributed by atoms with Crippen LogP contribution >= 0.6 is 0 Å². The van der Waals surface area contributed by atoms with Crippen molar-refractivity contribution in [3.05, 3.63) is 78.1 Å². The smallest absolute Gasteiger partial charge is 0.273 e. The molecule has 5 rings (SSSR count). The first kappa shape index (κ1) is 20.4. The fraction of sp³-hybridized carbons (Fsp3) is 0.120. The zero-order valence-electron chi connectivity index (χ0n) is 18.4. The molecule has 8 nitrogen and oxygen atoms in total. The molecule has 33 heavy (non-hydrogen) atoms. The van der Waals surface area contributed by atoms with E-state index in [9.17, 15) is 4.79 Å². The van der Waals surface area contributed by atoms with Gasteiger partial charge in [0.25, 0.3) is 5.91 Å². The van der Waals surface area contributed by atoms with E-state index in [-0.39, 0.29) is 5.91 Å². The van der Waals surface area contributed by atoms with Gasteiger partial charge in [0.05, 0.1) is 24.2 Å². The number of rotatable bonds is 5. The lowest BCUT2D eigenvalue weighted by Gasteiger charge is -2.07. The molecule has 8 heteroatoms. The molecule has 0 bridgehead atoms. The number of nitrogens with zero attached hydrogens (tertiary/aromatic N) is 4. The highest BCUT2D eigenvalue weighted by Crippen LogP contribution is 2.27. The third kappa shape index (κ3) is 3.94. The summed E-state index contributed by atoms with van der Waals surface area (Å²) in [5, 5.41) is 7.41. The number of benzene rings is 2. The van der Waals surface area contributed by atoms with Crippen molar-refractivity contribution < 1.29 is 13.9 Å². The van der Waals surface area contributed by atoms with Crippen LogP contribution in [0.4, 0.5) is 5.69 Å². The molecule has 0 saturated carbocycles. The number of carbonyl (C=O) groups is 1. The molecular weight excluding hydrogens is 418 g/mol. The number of hydrogen-bond acceptors (Lipinski definition) is 6. The topological polar surface area (TPSA) is 95.1 Å². The third-order valence-corrected chi connectivity index (χ3v) is 5.32. The highest BCUT2D eigenvalue weighted by atomic mass is 16.5. The van der Waals surface area contributed by atoms with Crippen molar-refractivity contribution in [2.24, 2.45) is 7.05 Å². The minimum atomic E-state index is -0.296. The molecule has 0 aliphatic rings. The quantitative estimate of drug-likeness (QED) is 0.420. The summed E-state index contributed by atoms with van der Waals surface area (Å²) in [5.74, 6) is 0.910. The number of ether oxygens (including phenoxy) is 1. The molecule has 1 N–H and O–H groups in total. The summed E-state index contributed by atoms with van der Waals surface area (Å²) in [6.07, 6.45) is 0. The van der Waals surface area contributed by atoms with Crippen molar-refractivity contribution in [3.8, 4) is 28.5 Å². The molecule has 5 aromatic rings. The van der Waals surface area contributed by atoms with E-state index in [1.54, 1.807) is 31.0 Å². The number of nitrogens with one attached hydrogen (secondary N) is 1. The van der Waals surface area contributed by atoms with E-state index in [2.05, 4.69) is 20.4 Å². The van der Waals surface area contributed by atoms with Crippen LogP contribution in [-0.2, 0) is 7.05 Å². The van der Waals surface area contributed by atoms with E-state index in [4.69, 9.17) is 9.15 Å². The molecule has 2 aromatic carbocycles. The maximum Gasteiger partial charge on any atom is 0.273 e. The number of oxazole rings is 1. The molecule has 0 saturated heterocycles. The number of hydrogen-bond donors (Lipinski definition) is 1. The summed E-state index contributed by atoms with van der Waals surface area (Å²) in [7, 11) is 3.35. The van der Waals surface area contributed by atoms with Gasteiger partial charge in [-0.3, -0.25) is 9.48 Å². The fourth-order valence-corrected chi connectivity index (χ4v) is 3.57. The number of amides is 1. The lowest BCUT2D eigenvalue weighted by Crippen LogP contribution is -2.17. The van der Waals surface area contributed by atoms with E-state index >= 15 is 0 Å². The van der Waals surface area contributed by atoms with Gasteiger partial charge in [-0.05, 0) is 43.3 Å². The lowest BCUT2D eigenvalue weighted by atomic mass is 10.1. The van der Waals surface area contributed by atoms with Crippen LogP contribution in [0.25, 0.3) is 33.9 Å². The Labute approximate surface area is 189 Å². The van der Waals surface area contributed by atoms with Crippen molar-refractivity contribution in [3.63, 3.8) is 0 Å². The summed E-state index contributed by atoms with van der Waals surface area (Å²) in [6, 6.07) is 20.7. The van der Waals surface area contributed by atoms with Gasteiger partial charge in [-0.25, -0.2) is 9.97 Å². The van der Waals surface area contributed by atoms with Crippen LogP contribution in [0.1, 0.15) is 16.2 Å². The van der Waals surface area contributed by atoms with Crippen LogP contribution in [-0.4, -0.2) is 32.8 Å². The second-order valence-corrected chi connectivity index (χ2v) is 7.56. The number of anilines is 1. The normalized spacial score (nSPS) is 11.0. The Bertz CT molecular complexity index is 1470. The Morgan fingerprint density at radius 2 is 1.79 bits per heavy atom. The number of aromatic nitrogens is 4. The van der Waals surface area contributed by atoms with Gasteiger partial charge in [0, 0.05) is 18.2 Å².